The molecular weight excluding hydrogens is 318 g/mol. The summed E-state index contributed by atoms with van der Waals surface area (Å²) in [6.07, 6.45) is 0. The van der Waals surface area contributed by atoms with E-state index in [0.717, 1.165) is 0 Å². The van der Waals surface area contributed by atoms with Crippen LogP contribution in [0.25, 0.3) is 0 Å². The summed E-state index contributed by atoms with van der Waals surface area (Å²) in [5.41, 5.74) is 1.25. The summed E-state index contributed by atoms with van der Waals surface area (Å²) in [6.45, 7) is 9.99. The lowest BCUT2D eigenvalue weighted by Crippen LogP contribution is -2.52. The number of nitrogens with one attached hydrogen (secondary N) is 1. The van der Waals surface area contributed by atoms with Crippen molar-refractivity contribution in [2.45, 2.75) is 26.7 Å². The lowest BCUT2D eigenvalue weighted by molar-refractivity contribution is -0.135. The number of ether oxygens (including phenoxy) is 1. The van der Waals surface area contributed by atoms with Crippen molar-refractivity contribution in [3.8, 4) is 5.75 Å². The van der Waals surface area contributed by atoms with Gasteiger partial charge in [-0.05, 0) is 30.5 Å². The van der Waals surface area contributed by atoms with Gasteiger partial charge in [-0.3, -0.25) is 14.5 Å². The molecule has 0 radical (unpaired) electrons. The summed E-state index contributed by atoms with van der Waals surface area (Å²) in [7, 11) is 0. The van der Waals surface area contributed by atoms with Crippen molar-refractivity contribution < 1.29 is 14.3 Å². The second-order valence-electron chi connectivity index (χ2n) is 6.62. The molecule has 0 spiro atoms. The van der Waals surface area contributed by atoms with Gasteiger partial charge in [0.15, 0.2) is 6.61 Å². The minimum atomic E-state index is -0.00871. The highest BCUT2D eigenvalue weighted by molar-refractivity contribution is 5.79. The molecule has 2 amide bonds. The van der Waals surface area contributed by atoms with E-state index in [1.165, 1.54) is 5.56 Å². The van der Waals surface area contributed by atoms with Crippen LogP contribution in [0, 0.1) is 0 Å². The lowest BCUT2D eigenvalue weighted by Gasteiger charge is -2.34. The van der Waals surface area contributed by atoms with Crippen LogP contribution < -0.4 is 10.1 Å². The van der Waals surface area contributed by atoms with Gasteiger partial charge in [-0.15, -0.1) is 0 Å². The van der Waals surface area contributed by atoms with Gasteiger partial charge < -0.3 is 15.0 Å². The number of hydrogen-bond acceptors (Lipinski definition) is 4. The van der Waals surface area contributed by atoms with Crippen LogP contribution in [0.2, 0.25) is 0 Å². The molecule has 1 fully saturated rings. The monoisotopic (exact) mass is 347 g/mol. The van der Waals surface area contributed by atoms with Crippen LogP contribution in [0.5, 0.6) is 5.75 Å². The van der Waals surface area contributed by atoms with Gasteiger partial charge in [0.25, 0.3) is 5.91 Å². The summed E-state index contributed by atoms with van der Waals surface area (Å²) < 4.78 is 5.61. The van der Waals surface area contributed by atoms with E-state index in [-0.39, 0.29) is 18.4 Å². The Bertz CT molecular complexity index is 564. The molecule has 0 aromatic heterocycles. The average Bonchev–Trinajstić information content (AvgIpc) is 2.61. The third kappa shape index (κ3) is 6.05. The Kier molecular flexibility index (Phi) is 7.25. The van der Waals surface area contributed by atoms with Crippen LogP contribution in [0.15, 0.2) is 24.3 Å². The highest BCUT2D eigenvalue weighted by Gasteiger charge is 2.22. The van der Waals surface area contributed by atoms with E-state index in [9.17, 15) is 9.59 Å². The maximum Gasteiger partial charge on any atom is 0.260 e. The van der Waals surface area contributed by atoms with E-state index in [4.69, 9.17) is 4.74 Å². The van der Waals surface area contributed by atoms with Crippen molar-refractivity contribution in [2.75, 3.05) is 45.9 Å². The highest BCUT2D eigenvalue weighted by atomic mass is 16.5. The molecule has 1 saturated heterocycles. The molecule has 138 valence electrons. The zero-order valence-corrected chi connectivity index (χ0v) is 15.5. The Hall–Kier alpha value is -2.08. The fraction of sp³-hybridized carbons (Fsp3) is 0.579. The van der Waals surface area contributed by atoms with Crippen molar-refractivity contribution in [3.63, 3.8) is 0 Å². The molecule has 0 saturated carbocycles. The van der Waals surface area contributed by atoms with E-state index < -0.39 is 0 Å². The molecule has 0 atom stereocenters. The zero-order valence-electron chi connectivity index (χ0n) is 15.5. The molecule has 6 nitrogen and oxygen atoms in total. The fourth-order valence-corrected chi connectivity index (χ4v) is 2.80. The third-order valence-electron chi connectivity index (χ3n) is 4.38. The predicted molar refractivity (Wildman–Crippen MR) is 97.7 cm³/mol. The van der Waals surface area contributed by atoms with Gasteiger partial charge in [0.2, 0.25) is 5.91 Å². The van der Waals surface area contributed by atoms with Gasteiger partial charge in [-0.25, -0.2) is 0 Å². The van der Waals surface area contributed by atoms with Crippen molar-refractivity contribution in [1.82, 2.24) is 15.1 Å². The quantitative estimate of drug-likeness (QED) is 0.811. The molecule has 0 bridgehead atoms. The highest BCUT2D eigenvalue weighted by Crippen LogP contribution is 2.18. The Morgan fingerprint density at radius 1 is 1.12 bits per heavy atom. The minimum Gasteiger partial charge on any atom is -0.484 e. The third-order valence-corrected chi connectivity index (χ3v) is 4.38. The normalized spacial score (nSPS) is 15.3. The van der Waals surface area contributed by atoms with Crippen molar-refractivity contribution in [2.24, 2.45) is 0 Å². The molecule has 1 aromatic carbocycles. The molecule has 1 aromatic rings. The second kappa shape index (κ2) is 9.42. The van der Waals surface area contributed by atoms with E-state index in [1.807, 2.05) is 31.2 Å². The van der Waals surface area contributed by atoms with Gasteiger partial charge in [0.1, 0.15) is 5.75 Å². The van der Waals surface area contributed by atoms with Crippen LogP contribution in [-0.2, 0) is 9.59 Å². The smallest absolute Gasteiger partial charge is 0.260 e. The van der Waals surface area contributed by atoms with Crippen molar-refractivity contribution >= 4 is 11.8 Å². The summed E-state index contributed by atoms with van der Waals surface area (Å²) in [6, 6.07) is 7.88. The SMILES string of the molecule is CCNC(=O)CN1CCN(C(=O)COc2ccc(C(C)C)cc2)CC1. The molecule has 6 heteroatoms. The topological polar surface area (TPSA) is 61.9 Å². The molecule has 0 aliphatic carbocycles. The molecule has 1 aliphatic rings. The maximum atomic E-state index is 12.3. The average molecular weight is 347 g/mol. The number of carbonyl (C=O) groups is 2. The summed E-state index contributed by atoms with van der Waals surface area (Å²) in [5, 5.41) is 2.79. The van der Waals surface area contributed by atoms with E-state index in [2.05, 4.69) is 24.1 Å². The van der Waals surface area contributed by atoms with Gasteiger partial charge in [0, 0.05) is 32.7 Å². The number of carbonyl (C=O) groups excluding carboxylic acids is 2. The summed E-state index contributed by atoms with van der Waals surface area (Å²) >= 11 is 0. The molecule has 1 N–H and O–H groups in total. The summed E-state index contributed by atoms with van der Waals surface area (Å²) in [4.78, 5) is 27.8. The van der Waals surface area contributed by atoms with E-state index >= 15 is 0 Å². The first kappa shape index (κ1) is 19.2. The summed E-state index contributed by atoms with van der Waals surface area (Å²) in [5.74, 6) is 1.22. The Morgan fingerprint density at radius 3 is 2.32 bits per heavy atom. The Morgan fingerprint density at radius 2 is 1.76 bits per heavy atom. The van der Waals surface area contributed by atoms with Crippen LogP contribution >= 0.6 is 0 Å². The largest absolute Gasteiger partial charge is 0.484 e. The fourth-order valence-electron chi connectivity index (χ4n) is 2.80. The number of piperazine rings is 1. The molecular formula is C19H29N3O3. The Labute approximate surface area is 150 Å². The predicted octanol–water partition coefficient (Wildman–Crippen LogP) is 1.47. The molecule has 1 aliphatic heterocycles. The van der Waals surface area contributed by atoms with E-state index in [0.29, 0.717) is 50.9 Å². The lowest BCUT2D eigenvalue weighted by atomic mass is 10.0. The maximum absolute atomic E-state index is 12.3. The van der Waals surface area contributed by atoms with Gasteiger partial charge >= 0.3 is 0 Å². The van der Waals surface area contributed by atoms with Gasteiger partial charge in [0.05, 0.1) is 6.54 Å². The van der Waals surface area contributed by atoms with Crippen LogP contribution in [-0.4, -0.2) is 67.5 Å². The van der Waals surface area contributed by atoms with Crippen LogP contribution in [0.1, 0.15) is 32.3 Å². The number of rotatable bonds is 7. The van der Waals surface area contributed by atoms with Gasteiger partial charge in [-0.1, -0.05) is 26.0 Å². The number of nitrogens with zero attached hydrogens (tertiary/aromatic N) is 2. The first-order chi connectivity index (χ1) is 12.0. The first-order valence-electron chi connectivity index (χ1n) is 8.99. The number of hydrogen-bond donors (Lipinski definition) is 1. The molecule has 25 heavy (non-hydrogen) atoms. The minimum absolute atomic E-state index is 0.00871. The number of benzene rings is 1. The van der Waals surface area contributed by atoms with Gasteiger partial charge in [-0.2, -0.15) is 0 Å². The van der Waals surface area contributed by atoms with Crippen molar-refractivity contribution in [3.05, 3.63) is 29.8 Å². The van der Waals surface area contributed by atoms with Crippen LogP contribution in [0.3, 0.4) is 0 Å². The van der Waals surface area contributed by atoms with E-state index in [1.54, 1.807) is 4.90 Å². The zero-order chi connectivity index (χ0) is 18.2. The molecule has 2 rings (SSSR count). The van der Waals surface area contributed by atoms with Crippen LogP contribution in [0.4, 0.5) is 0 Å². The van der Waals surface area contributed by atoms with Crippen molar-refractivity contribution in [1.29, 1.82) is 0 Å². The molecule has 1 heterocycles. The first-order valence-corrected chi connectivity index (χ1v) is 8.99. The number of likely N-dealkylation sites (N-methyl/N-ethyl adjacent to an activating group) is 1. The number of amides is 2. The molecule has 0 unspecified atom stereocenters. The standard InChI is InChI=1S/C19H29N3O3/c1-4-20-18(23)13-21-9-11-22(12-10-21)19(24)14-25-17-7-5-16(6-8-17)15(2)3/h5-8,15H,4,9-14H2,1-3H3,(H,20,23). The Balaban J connectivity index is 1.72. The second-order valence-corrected chi connectivity index (χ2v) is 6.62.